The van der Waals surface area contributed by atoms with Crippen LogP contribution in [0.3, 0.4) is 0 Å². The summed E-state index contributed by atoms with van der Waals surface area (Å²) in [5.74, 6) is 1.03. The van der Waals surface area contributed by atoms with Crippen LogP contribution in [0.15, 0.2) is 66.3 Å². The first-order valence-corrected chi connectivity index (χ1v) is 11.8. The molecule has 0 unspecified atom stereocenters. The van der Waals surface area contributed by atoms with Gasteiger partial charge in [0, 0.05) is 13.0 Å². The van der Waals surface area contributed by atoms with Crippen LogP contribution in [0.25, 0.3) is 0 Å². The first-order valence-electron chi connectivity index (χ1n) is 10.8. The van der Waals surface area contributed by atoms with Gasteiger partial charge in [-0.25, -0.2) is 4.79 Å². The van der Waals surface area contributed by atoms with Crippen molar-refractivity contribution in [1.29, 1.82) is 0 Å². The number of anilines is 1. The number of hydrogen-bond donors (Lipinski definition) is 1. The Bertz CT molecular complexity index is 1150. The van der Waals surface area contributed by atoms with Crippen molar-refractivity contribution < 1.29 is 19.1 Å². The van der Waals surface area contributed by atoms with Crippen molar-refractivity contribution in [2.24, 2.45) is 0 Å². The number of carbonyl (C=O) groups excluding carboxylic acids is 2. The van der Waals surface area contributed by atoms with Crippen molar-refractivity contribution in [2.75, 3.05) is 24.8 Å². The number of nitrogens with one attached hydrogen (secondary N) is 1. The van der Waals surface area contributed by atoms with Gasteiger partial charge in [0.05, 0.1) is 30.7 Å². The van der Waals surface area contributed by atoms with E-state index in [9.17, 15) is 9.59 Å². The minimum atomic E-state index is -0.509. The normalized spacial score (nSPS) is 10.5. The van der Waals surface area contributed by atoms with Gasteiger partial charge in [-0.1, -0.05) is 48.2 Å². The molecule has 2 aromatic carbocycles. The third-order valence-electron chi connectivity index (χ3n) is 4.94. The van der Waals surface area contributed by atoms with E-state index < -0.39 is 5.97 Å². The fourth-order valence-electron chi connectivity index (χ4n) is 3.25. The standard InChI is InChI=1S/C25H28N4O4S/c1-4-15-29-22(14-9-16-33-21-13-8-5-10-18(21)2)27-28-25(29)34-17-23(30)26-20-12-7-6-11-19(20)24(31)32-3/h4-8,10-13H,1,9,14-17H2,2-3H3,(H,26,30). The predicted octanol–water partition coefficient (Wildman–Crippen LogP) is 4.30. The number of hydrogen-bond acceptors (Lipinski definition) is 7. The molecule has 0 aliphatic carbocycles. The molecule has 178 valence electrons. The van der Waals surface area contributed by atoms with Gasteiger partial charge >= 0.3 is 5.97 Å². The van der Waals surface area contributed by atoms with Gasteiger partial charge in [-0.05, 0) is 37.1 Å². The highest BCUT2D eigenvalue weighted by Crippen LogP contribution is 2.21. The van der Waals surface area contributed by atoms with Crippen LogP contribution >= 0.6 is 11.8 Å². The van der Waals surface area contributed by atoms with Gasteiger partial charge < -0.3 is 19.4 Å². The number of nitrogens with zero attached hydrogens (tertiary/aromatic N) is 3. The van der Waals surface area contributed by atoms with Crippen molar-refractivity contribution in [3.05, 3.63) is 78.1 Å². The van der Waals surface area contributed by atoms with Gasteiger partial charge in [0.2, 0.25) is 5.91 Å². The SMILES string of the molecule is C=CCn1c(CCCOc2ccccc2C)nnc1SCC(=O)Nc1ccccc1C(=O)OC. The van der Waals surface area contributed by atoms with Crippen LogP contribution in [-0.4, -0.2) is 46.1 Å². The zero-order valence-electron chi connectivity index (χ0n) is 19.3. The number of methoxy groups -OCH3 is 1. The van der Waals surface area contributed by atoms with E-state index >= 15 is 0 Å². The minimum absolute atomic E-state index is 0.112. The Kier molecular flexibility index (Phi) is 9.28. The summed E-state index contributed by atoms with van der Waals surface area (Å²) in [6.45, 7) is 6.94. The van der Waals surface area contributed by atoms with Crippen LogP contribution in [0.4, 0.5) is 5.69 Å². The lowest BCUT2D eigenvalue weighted by atomic mass is 10.2. The second-order valence-electron chi connectivity index (χ2n) is 7.39. The largest absolute Gasteiger partial charge is 0.493 e. The molecule has 0 saturated heterocycles. The van der Waals surface area contributed by atoms with Gasteiger partial charge in [-0.15, -0.1) is 16.8 Å². The van der Waals surface area contributed by atoms with Crippen LogP contribution < -0.4 is 10.1 Å². The molecule has 1 amide bonds. The Morgan fingerprint density at radius 2 is 1.91 bits per heavy atom. The summed E-state index contributed by atoms with van der Waals surface area (Å²) >= 11 is 1.28. The Hall–Kier alpha value is -3.59. The van der Waals surface area contributed by atoms with Gasteiger partial charge in [-0.3, -0.25) is 4.79 Å². The molecule has 0 fully saturated rings. The van der Waals surface area contributed by atoms with Crippen LogP contribution in [0.1, 0.15) is 28.2 Å². The average molecular weight is 481 g/mol. The molecule has 3 aromatic rings. The van der Waals surface area contributed by atoms with Gasteiger partial charge in [0.25, 0.3) is 0 Å². The molecular formula is C25H28N4O4S. The van der Waals surface area contributed by atoms with E-state index in [1.807, 2.05) is 35.8 Å². The Morgan fingerprint density at radius 1 is 1.15 bits per heavy atom. The zero-order chi connectivity index (χ0) is 24.3. The third-order valence-corrected chi connectivity index (χ3v) is 5.91. The number of rotatable bonds is 12. The molecule has 0 aliphatic rings. The maximum Gasteiger partial charge on any atom is 0.339 e. The molecule has 8 nitrogen and oxygen atoms in total. The topological polar surface area (TPSA) is 95.3 Å². The van der Waals surface area contributed by atoms with Crippen LogP contribution in [0, 0.1) is 6.92 Å². The molecule has 1 aromatic heterocycles. The van der Waals surface area contributed by atoms with E-state index in [0.717, 1.165) is 23.6 Å². The second-order valence-corrected chi connectivity index (χ2v) is 8.33. The van der Waals surface area contributed by atoms with Crippen molar-refractivity contribution in [2.45, 2.75) is 31.5 Å². The predicted molar refractivity (Wildman–Crippen MR) is 132 cm³/mol. The number of allylic oxidation sites excluding steroid dienone is 1. The summed E-state index contributed by atoms with van der Waals surface area (Å²) in [4.78, 5) is 24.4. The third kappa shape index (κ3) is 6.71. The average Bonchev–Trinajstić information content (AvgIpc) is 3.23. The number of ether oxygens (including phenoxy) is 2. The molecule has 9 heteroatoms. The lowest BCUT2D eigenvalue weighted by Crippen LogP contribution is -2.17. The molecule has 1 N–H and O–H groups in total. The molecule has 3 rings (SSSR count). The van der Waals surface area contributed by atoms with Crippen LogP contribution in [-0.2, 0) is 22.5 Å². The zero-order valence-corrected chi connectivity index (χ0v) is 20.1. The molecule has 0 bridgehead atoms. The lowest BCUT2D eigenvalue weighted by molar-refractivity contribution is -0.113. The van der Waals surface area contributed by atoms with E-state index in [-0.39, 0.29) is 11.7 Å². The molecule has 0 atom stereocenters. The molecule has 0 saturated carbocycles. The molecule has 0 spiro atoms. The maximum atomic E-state index is 12.5. The van der Waals surface area contributed by atoms with E-state index in [4.69, 9.17) is 9.47 Å². The summed E-state index contributed by atoms with van der Waals surface area (Å²) in [6.07, 6.45) is 3.23. The number of benzene rings is 2. The number of aromatic nitrogens is 3. The quantitative estimate of drug-likeness (QED) is 0.179. The van der Waals surface area contributed by atoms with Crippen LogP contribution in [0.2, 0.25) is 0 Å². The van der Waals surface area contributed by atoms with E-state index in [1.54, 1.807) is 30.3 Å². The Balaban J connectivity index is 1.56. The summed E-state index contributed by atoms with van der Waals surface area (Å²) < 4.78 is 12.6. The van der Waals surface area contributed by atoms with Crippen molar-refractivity contribution >= 4 is 29.3 Å². The Morgan fingerprint density at radius 3 is 2.68 bits per heavy atom. The van der Waals surface area contributed by atoms with Crippen LogP contribution in [0.5, 0.6) is 5.75 Å². The number of carbonyl (C=O) groups is 2. The highest BCUT2D eigenvalue weighted by molar-refractivity contribution is 7.99. The summed E-state index contributed by atoms with van der Waals surface area (Å²) in [6, 6.07) is 14.6. The molecular weight excluding hydrogens is 452 g/mol. The summed E-state index contributed by atoms with van der Waals surface area (Å²) in [7, 11) is 1.30. The van der Waals surface area contributed by atoms with E-state index in [1.165, 1.54) is 18.9 Å². The minimum Gasteiger partial charge on any atom is -0.493 e. The highest BCUT2D eigenvalue weighted by atomic mass is 32.2. The monoisotopic (exact) mass is 480 g/mol. The summed E-state index contributed by atoms with van der Waals surface area (Å²) in [5, 5.41) is 12.0. The van der Waals surface area contributed by atoms with Gasteiger partial charge in [0.1, 0.15) is 11.6 Å². The fraction of sp³-hybridized carbons (Fsp3) is 0.280. The number of thioether (sulfide) groups is 1. The second kappa shape index (κ2) is 12.6. The smallest absolute Gasteiger partial charge is 0.339 e. The molecule has 0 aliphatic heterocycles. The van der Waals surface area contributed by atoms with Gasteiger partial charge in [-0.2, -0.15) is 0 Å². The highest BCUT2D eigenvalue weighted by Gasteiger charge is 2.16. The first kappa shape index (κ1) is 25.0. The van der Waals surface area contributed by atoms with Crippen molar-refractivity contribution in [3.63, 3.8) is 0 Å². The maximum absolute atomic E-state index is 12.5. The number of amides is 1. The Labute approximate surface area is 203 Å². The molecule has 34 heavy (non-hydrogen) atoms. The van der Waals surface area contributed by atoms with Gasteiger partial charge in [0.15, 0.2) is 5.16 Å². The number of esters is 1. The number of aryl methyl sites for hydroxylation is 2. The molecule has 1 heterocycles. The lowest BCUT2D eigenvalue weighted by Gasteiger charge is -2.11. The van der Waals surface area contributed by atoms with E-state index in [0.29, 0.717) is 36.0 Å². The van der Waals surface area contributed by atoms with Crippen molar-refractivity contribution in [1.82, 2.24) is 14.8 Å². The molecule has 0 radical (unpaired) electrons. The van der Waals surface area contributed by atoms with Crippen molar-refractivity contribution in [3.8, 4) is 5.75 Å². The first-order chi connectivity index (χ1) is 16.5. The van der Waals surface area contributed by atoms with E-state index in [2.05, 4.69) is 22.1 Å². The summed E-state index contributed by atoms with van der Waals surface area (Å²) in [5.41, 5.74) is 1.80. The number of para-hydroxylation sites is 2. The fourth-order valence-corrected chi connectivity index (χ4v) is 4.02.